The van der Waals surface area contributed by atoms with Crippen LogP contribution in [0.3, 0.4) is 0 Å². The first-order valence-electron chi connectivity index (χ1n) is 8.36. The lowest BCUT2D eigenvalue weighted by atomic mass is 10.0. The molecule has 26 heavy (non-hydrogen) atoms. The SMILES string of the molecule is CN(C)CC[C@H](NC(=O)c1cccn(CC(N)=O)c1=O)c1ccccc1. The van der Waals surface area contributed by atoms with E-state index < -0.39 is 17.4 Å². The van der Waals surface area contributed by atoms with E-state index >= 15 is 0 Å². The van der Waals surface area contributed by atoms with Gasteiger partial charge in [0.2, 0.25) is 5.91 Å². The molecule has 2 aromatic rings. The highest BCUT2D eigenvalue weighted by Gasteiger charge is 2.19. The average molecular weight is 356 g/mol. The molecule has 0 aliphatic rings. The molecule has 1 atom stereocenters. The highest BCUT2D eigenvalue weighted by atomic mass is 16.2. The second-order valence-corrected chi connectivity index (χ2v) is 6.35. The van der Waals surface area contributed by atoms with Gasteiger partial charge in [-0.15, -0.1) is 0 Å². The van der Waals surface area contributed by atoms with Gasteiger partial charge in [-0.1, -0.05) is 30.3 Å². The summed E-state index contributed by atoms with van der Waals surface area (Å²) in [4.78, 5) is 38.2. The molecule has 0 aliphatic heterocycles. The van der Waals surface area contributed by atoms with Crippen molar-refractivity contribution in [2.24, 2.45) is 5.73 Å². The largest absolute Gasteiger partial charge is 0.368 e. The number of hydrogen-bond acceptors (Lipinski definition) is 4. The Bertz CT molecular complexity index is 815. The highest BCUT2D eigenvalue weighted by molar-refractivity contribution is 5.94. The summed E-state index contributed by atoms with van der Waals surface area (Å²) in [6.45, 7) is 0.517. The van der Waals surface area contributed by atoms with Crippen molar-refractivity contribution in [1.29, 1.82) is 0 Å². The van der Waals surface area contributed by atoms with Crippen LogP contribution in [0, 0.1) is 0 Å². The third kappa shape index (κ3) is 5.29. The molecule has 1 heterocycles. The summed E-state index contributed by atoms with van der Waals surface area (Å²) in [6, 6.07) is 12.4. The monoisotopic (exact) mass is 356 g/mol. The van der Waals surface area contributed by atoms with Gasteiger partial charge in [0, 0.05) is 6.20 Å². The smallest absolute Gasteiger partial charge is 0.263 e. The van der Waals surface area contributed by atoms with E-state index in [9.17, 15) is 14.4 Å². The fourth-order valence-electron chi connectivity index (χ4n) is 2.63. The van der Waals surface area contributed by atoms with Gasteiger partial charge in [0.1, 0.15) is 12.1 Å². The molecule has 0 unspecified atom stereocenters. The number of pyridine rings is 1. The van der Waals surface area contributed by atoms with Gasteiger partial charge in [-0.2, -0.15) is 0 Å². The number of nitrogens with zero attached hydrogens (tertiary/aromatic N) is 2. The number of amides is 2. The molecule has 0 radical (unpaired) electrons. The Morgan fingerprint density at radius 3 is 2.46 bits per heavy atom. The van der Waals surface area contributed by atoms with Gasteiger partial charge in [-0.25, -0.2) is 0 Å². The highest BCUT2D eigenvalue weighted by Crippen LogP contribution is 2.17. The minimum absolute atomic E-state index is 0.0143. The Morgan fingerprint density at radius 1 is 1.15 bits per heavy atom. The maximum Gasteiger partial charge on any atom is 0.263 e. The van der Waals surface area contributed by atoms with E-state index in [1.807, 2.05) is 49.3 Å². The van der Waals surface area contributed by atoms with Crippen LogP contribution in [0.25, 0.3) is 0 Å². The number of nitrogens with two attached hydrogens (primary N) is 1. The standard InChI is InChI=1S/C19H24N4O3/c1-22(2)12-10-16(14-7-4-3-5-8-14)21-18(25)15-9-6-11-23(19(15)26)13-17(20)24/h3-9,11,16H,10,12-13H2,1-2H3,(H2,20,24)(H,21,25)/t16-/m0/s1. The quantitative estimate of drug-likeness (QED) is 0.729. The molecular formula is C19H24N4O3. The molecule has 138 valence electrons. The Labute approximate surface area is 152 Å². The van der Waals surface area contributed by atoms with E-state index in [1.165, 1.54) is 12.3 Å². The van der Waals surface area contributed by atoms with Crippen molar-refractivity contribution in [3.05, 3.63) is 70.1 Å². The fourth-order valence-corrected chi connectivity index (χ4v) is 2.63. The number of aromatic nitrogens is 1. The van der Waals surface area contributed by atoms with Crippen LogP contribution in [-0.2, 0) is 11.3 Å². The number of nitrogens with one attached hydrogen (secondary N) is 1. The Kier molecular flexibility index (Phi) is 6.68. The Balaban J connectivity index is 2.24. The van der Waals surface area contributed by atoms with Crippen molar-refractivity contribution >= 4 is 11.8 Å². The molecule has 3 N–H and O–H groups in total. The number of carbonyl (C=O) groups is 2. The number of carbonyl (C=O) groups excluding carboxylic acids is 2. The van der Waals surface area contributed by atoms with Crippen LogP contribution in [0.2, 0.25) is 0 Å². The van der Waals surface area contributed by atoms with E-state index in [0.29, 0.717) is 6.42 Å². The molecule has 7 nitrogen and oxygen atoms in total. The molecule has 0 bridgehead atoms. The minimum atomic E-state index is -0.641. The first-order chi connectivity index (χ1) is 12.4. The van der Waals surface area contributed by atoms with Gasteiger partial charge in [0.05, 0.1) is 6.04 Å². The Morgan fingerprint density at radius 2 is 1.85 bits per heavy atom. The summed E-state index contributed by atoms with van der Waals surface area (Å²) in [6.07, 6.45) is 2.13. The molecule has 2 rings (SSSR count). The normalized spacial score (nSPS) is 12.0. The van der Waals surface area contributed by atoms with E-state index in [-0.39, 0.29) is 18.2 Å². The number of benzene rings is 1. The molecule has 0 saturated carbocycles. The molecule has 0 spiro atoms. The lowest BCUT2D eigenvalue weighted by Gasteiger charge is -2.21. The number of hydrogen-bond donors (Lipinski definition) is 2. The zero-order valence-corrected chi connectivity index (χ0v) is 15.0. The summed E-state index contributed by atoms with van der Waals surface area (Å²) in [5, 5.41) is 2.93. The van der Waals surface area contributed by atoms with E-state index in [0.717, 1.165) is 16.7 Å². The third-order valence-corrected chi connectivity index (χ3v) is 3.96. The molecule has 1 aromatic carbocycles. The predicted octanol–water partition coefficient (Wildman–Crippen LogP) is 0.756. The van der Waals surface area contributed by atoms with E-state index in [2.05, 4.69) is 5.32 Å². The van der Waals surface area contributed by atoms with Gasteiger partial charge in [-0.05, 0) is 44.8 Å². The maximum atomic E-state index is 12.7. The van der Waals surface area contributed by atoms with Crippen molar-refractivity contribution in [2.45, 2.75) is 19.0 Å². The molecule has 1 aromatic heterocycles. The molecule has 2 amide bonds. The van der Waals surface area contributed by atoms with Crippen molar-refractivity contribution in [1.82, 2.24) is 14.8 Å². The van der Waals surface area contributed by atoms with Gasteiger partial charge in [-0.3, -0.25) is 14.4 Å². The van der Waals surface area contributed by atoms with Gasteiger partial charge < -0.3 is 20.5 Å². The summed E-state index contributed by atoms with van der Waals surface area (Å²) in [5.74, 6) is -1.11. The van der Waals surface area contributed by atoms with Crippen molar-refractivity contribution < 1.29 is 9.59 Å². The first-order valence-corrected chi connectivity index (χ1v) is 8.36. The lowest BCUT2D eigenvalue weighted by Crippen LogP contribution is -2.37. The van der Waals surface area contributed by atoms with Crippen LogP contribution in [0.5, 0.6) is 0 Å². The zero-order valence-electron chi connectivity index (χ0n) is 15.0. The van der Waals surface area contributed by atoms with Gasteiger partial charge in [0.15, 0.2) is 0 Å². The molecule has 0 saturated heterocycles. The molecule has 0 fully saturated rings. The second kappa shape index (κ2) is 8.96. The second-order valence-electron chi connectivity index (χ2n) is 6.35. The first kappa shape index (κ1) is 19.4. The van der Waals surface area contributed by atoms with Gasteiger partial charge >= 0.3 is 0 Å². The summed E-state index contributed by atoms with van der Waals surface area (Å²) in [7, 11) is 3.92. The predicted molar refractivity (Wildman–Crippen MR) is 99.7 cm³/mol. The van der Waals surface area contributed by atoms with Crippen molar-refractivity contribution in [3.63, 3.8) is 0 Å². The molecular weight excluding hydrogens is 332 g/mol. The van der Waals surface area contributed by atoms with Crippen LogP contribution in [-0.4, -0.2) is 41.9 Å². The van der Waals surface area contributed by atoms with Crippen LogP contribution >= 0.6 is 0 Å². The van der Waals surface area contributed by atoms with Crippen molar-refractivity contribution in [3.8, 4) is 0 Å². The summed E-state index contributed by atoms with van der Waals surface area (Å²) in [5.41, 5.74) is 5.56. The zero-order chi connectivity index (χ0) is 19.1. The molecule has 7 heteroatoms. The fraction of sp³-hybridized carbons (Fsp3) is 0.316. The number of rotatable bonds is 8. The molecule has 0 aliphatic carbocycles. The topological polar surface area (TPSA) is 97.4 Å². The Hall–Kier alpha value is -2.93. The van der Waals surface area contributed by atoms with Crippen LogP contribution in [0.1, 0.15) is 28.4 Å². The lowest BCUT2D eigenvalue weighted by molar-refractivity contribution is -0.118. The third-order valence-electron chi connectivity index (χ3n) is 3.96. The van der Waals surface area contributed by atoms with Crippen LogP contribution in [0.15, 0.2) is 53.5 Å². The summed E-state index contributed by atoms with van der Waals surface area (Å²) >= 11 is 0. The van der Waals surface area contributed by atoms with Crippen LogP contribution < -0.4 is 16.6 Å². The summed E-state index contributed by atoms with van der Waals surface area (Å²) < 4.78 is 1.13. The average Bonchev–Trinajstić information content (AvgIpc) is 2.60. The van der Waals surface area contributed by atoms with Crippen LogP contribution in [0.4, 0.5) is 0 Å². The van der Waals surface area contributed by atoms with E-state index in [1.54, 1.807) is 6.07 Å². The number of primary amides is 1. The maximum absolute atomic E-state index is 12.7. The van der Waals surface area contributed by atoms with E-state index in [4.69, 9.17) is 5.73 Å². The van der Waals surface area contributed by atoms with Gasteiger partial charge in [0.25, 0.3) is 11.5 Å². The van der Waals surface area contributed by atoms with Crippen molar-refractivity contribution in [2.75, 3.05) is 20.6 Å². The minimum Gasteiger partial charge on any atom is -0.368 e.